The highest BCUT2D eigenvalue weighted by Crippen LogP contribution is 2.16. The van der Waals surface area contributed by atoms with Crippen molar-refractivity contribution in [3.63, 3.8) is 0 Å². The van der Waals surface area contributed by atoms with E-state index in [1.54, 1.807) is 7.11 Å². The van der Waals surface area contributed by atoms with Gasteiger partial charge in [-0.3, -0.25) is 0 Å². The van der Waals surface area contributed by atoms with Crippen LogP contribution in [0.1, 0.15) is 20.3 Å². The third-order valence-corrected chi connectivity index (χ3v) is 2.26. The van der Waals surface area contributed by atoms with Gasteiger partial charge in [-0.2, -0.15) is 0 Å². The van der Waals surface area contributed by atoms with Crippen LogP contribution >= 0.6 is 0 Å². The first-order valence-corrected chi connectivity index (χ1v) is 7.74. The monoisotopic (exact) mass is 188 g/mol. The molecule has 2 nitrogen and oxygen atoms in total. The molecule has 3 heteroatoms. The summed E-state index contributed by atoms with van der Waals surface area (Å²) in [5.74, 6) is 0.719. The van der Waals surface area contributed by atoms with Crippen LogP contribution in [0.5, 0.6) is 0 Å². The lowest BCUT2D eigenvalue weighted by atomic mass is 10.2. The summed E-state index contributed by atoms with van der Waals surface area (Å²) in [6.45, 7) is 10.6. The van der Waals surface area contributed by atoms with Crippen LogP contribution in [0.3, 0.4) is 0 Å². The molecule has 0 saturated carbocycles. The molecule has 0 aliphatic carbocycles. The molecule has 72 valence electrons. The van der Waals surface area contributed by atoms with Crippen LogP contribution in [-0.4, -0.2) is 15.4 Å². The highest BCUT2D eigenvalue weighted by molar-refractivity contribution is 6.70. The first-order valence-electron chi connectivity index (χ1n) is 4.33. The summed E-state index contributed by atoms with van der Waals surface area (Å²) in [5, 5.41) is 0. The summed E-state index contributed by atoms with van der Waals surface area (Å²) in [4.78, 5) is 0. The Morgan fingerprint density at radius 3 is 2.00 bits per heavy atom. The maximum Gasteiger partial charge on any atom is 0.263 e. The predicted octanol–water partition coefficient (Wildman–Crippen LogP) is 3.13. The number of methoxy groups -OCH3 is 1. The Hall–Kier alpha value is -0.443. The normalized spacial score (nSPS) is 13.8. The maximum atomic E-state index is 5.74. The summed E-state index contributed by atoms with van der Waals surface area (Å²) in [6, 6.07) is 0. The molecule has 0 spiro atoms. The Labute approximate surface area is 76.7 Å². The van der Waals surface area contributed by atoms with Gasteiger partial charge in [-0.05, 0) is 33.0 Å². The molecular formula is C9H20O2Si. The minimum atomic E-state index is -1.50. The van der Waals surface area contributed by atoms with Gasteiger partial charge in [-0.15, -0.1) is 0 Å². The third-order valence-electron chi connectivity index (χ3n) is 1.46. The number of hydrogen-bond acceptors (Lipinski definition) is 2. The lowest BCUT2D eigenvalue weighted by Crippen LogP contribution is -2.25. The van der Waals surface area contributed by atoms with Gasteiger partial charge >= 0.3 is 0 Å². The van der Waals surface area contributed by atoms with Crippen LogP contribution in [-0.2, 0) is 9.16 Å². The number of rotatable bonds is 4. The second-order valence-electron chi connectivity index (χ2n) is 3.84. The van der Waals surface area contributed by atoms with Crippen LogP contribution in [0.4, 0.5) is 0 Å². The molecule has 0 unspecified atom stereocenters. The molecular weight excluding hydrogens is 168 g/mol. The highest BCUT2D eigenvalue weighted by atomic mass is 28.4. The topological polar surface area (TPSA) is 18.5 Å². The molecule has 0 amide bonds. The van der Waals surface area contributed by atoms with E-state index in [4.69, 9.17) is 9.16 Å². The summed E-state index contributed by atoms with van der Waals surface area (Å²) < 4.78 is 10.9. The van der Waals surface area contributed by atoms with E-state index in [1.807, 2.05) is 6.92 Å². The Kier molecular flexibility index (Phi) is 4.38. The van der Waals surface area contributed by atoms with E-state index in [1.165, 1.54) is 5.57 Å². The summed E-state index contributed by atoms with van der Waals surface area (Å²) >= 11 is 0. The predicted molar refractivity (Wildman–Crippen MR) is 54.4 cm³/mol. The Balaban J connectivity index is 4.38. The molecule has 0 aromatic carbocycles. The molecule has 0 aliphatic heterocycles. The van der Waals surface area contributed by atoms with Crippen molar-refractivity contribution in [3.8, 4) is 0 Å². The van der Waals surface area contributed by atoms with E-state index in [0.717, 1.165) is 12.4 Å². The lowest BCUT2D eigenvalue weighted by molar-refractivity contribution is 0.141. The molecule has 0 heterocycles. The Bertz CT molecular complexity index is 168. The van der Waals surface area contributed by atoms with E-state index in [9.17, 15) is 0 Å². The van der Waals surface area contributed by atoms with Crippen molar-refractivity contribution in [1.82, 2.24) is 0 Å². The van der Waals surface area contributed by atoms with Crippen molar-refractivity contribution in [3.05, 3.63) is 11.5 Å². The second-order valence-corrected chi connectivity index (χ2v) is 8.27. The van der Waals surface area contributed by atoms with Crippen molar-refractivity contribution >= 4 is 8.32 Å². The first kappa shape index (κ1) is 11.6. The van der Waals surface area contributed by atoms with Crippen LogP contribution in [0.25, 0.3) is 0 Å². The van der Waals surface area contributed by atoms with Crippen molar-refractivity contribution in [2.24, 2.45) is 0 Å². The van der Waals surface area contributed by atoms with Crippen LogP contribution in [0.15, 0.2) is 11.5 Å². The number of allylic oxidation sites excluding steroid dienone is 1. The van der Waals surface area contributed by atoms with Crippen molar-refractivity contribution in [1.29, 1.82) is 0 Å². The lowest BCUT2D eigenvalue weighted by Gasteiger charge is -2.21. The van der Waals surface area contributed by atoms with Crippen LogP contribution in [0.2, 0.25) is 19.6 Å². The van der Waals surface area contributed by atoms with E-state index in [-0.39, 0.29) is 0 Å². The van der Waals surface area contributed by atoms with Crippen LogP contribution < -0.4 is 0 Å². The molecule has 0 aliphatic rings. The maximum absolute atomic E-state index is 5.74. The molecule has 0 atom stereocenters. The molecule has 0 aromatic heterocycles. The highest BCUT2D eigenvalue weighted by Gasteiger charge is 2.19. The summed E-state index contributed by atoms with van der Waals surface area (Å²) in [5.41, 5.74) is 1.18. The fourth-order valence-electron chi connectivity index (χ4n) is 0.725. The molecule has 0 N–H and O–H groups in total. The van der Waals surface area contributed by atoms with Gasteiger partial charge in [-0.25, -0.2) is 0 Å². The smallest absolute Gasteiger partial charge is 0.263 e. The standard InChI is InChI=1S/C9H20O2Si/c1-7-8(2)9(10-3)11-12(4,5)6/h7H2,1-6H3/b9-8+. The molecule has 0 bridgehead atoms. The first-order chi connectivity index (χ1) is 5.40. The van der Waals surface area contributed by atoms with Crippen molar-refractivity contribution in [2.75, 3.05) is 7.11 Å². The fourth-order valence-corrected chi connectivity index (χ4v) is 1.54. The zero-order chi connectivity index (χ0) is 9.78. The average Bonchev–Trinajstić information content (AvgIpc) is 1.97. The number of ether oxygens (including phenoxy) is 1. The van der Waals surface area contributed by atoms with Gasteiger partial charge in [0.05, 0.1) is 7.11 Å². The molecule has 12 heavy (non-hydrogen) atoms. The van der Waals surface area contributed by atoms with Crippen molar-refractivity contribution < 1.29 is 9.16 Å². The number of hydrogen-bond donors (Lipinski definition) is 0. The summed E-state index contributed by atoms with van der Waals surface area (Å²) in [7, 11) is 0.158. The largest absolute Gasteiger partial charge is 0.520 e. The Morgan fingerprint density at radius 2 is 1.75 bits per heavy atom. The average molecular weight is 188 g/mol. The molecule has 0 saturated heterocycles. The zero-order valence-electron chi connectivity index (χ0n) is 9.02. The minimum Gasteiger partial charge on any atom is -0.520 e. The van der Waals surface area contributed by atoms with E-state index in [0.29, 0.717) is 0 Å². The molecule has 0 fully saturated rings. The second kappa shape index (κ2) is 4.55. The van der Waals surface area contributed by atoms with Gasteiger partial charge in [0.15, 0.2) is 0 Å². The van der Waals surface area contributed by atoms with Gasteiger partial charge in [0, 0.05) is 5.57 Å². The summed E-state index contributed by atoms with van der Waals surface area (Å²) in [6.07, 6.45) is 0.980. The van der Waals surface area contributed by atoms with E-state index < -0.39 is 8.32 Å². The molecule has 0 rings (SSSR count). The van der Waals surface area contributed by atoms with Gasteiger partial charge in [-0.1, -0.05) is 6.92 Å². The van der Waals surface area contributed by atoms with Gasteiger partial charge in [0.25, 0.3) is 5.95 Å². The Morgan fingerprint density at radius 1 is 1.25 bits per heavy atom. The van der Waals surface area contributed by atoms with E-state index in [2.05, 4.69) is 26.6 Å². The quantitative estimate of drug-likeness (QED) is 0.498. The van der Waals surface area contributed by atoms with E-state index >= 15 is 0 Å². The van der Waals surface area contributed by atoms with Crippen molar-refractivity contribution in [2.45, 2.75) is 39.9 Å². The van der Waals surface area contributed by atoms with Gasteiger partial charge < -0.3 is 9.16 Å². The molecule has 0 radical (unpaired) electrons. The van der Waals surface area contributed by atoms with Gasteiger partial charge in [0.2, 0.25) is 8.32 Å². The van der Waals surface area contributed by atoms with Gasteiger partial charge in [0.1, 0.15) is 0 Å². The zero-order valence-corrected chi connectivity index (χ0v) is 10.0. The third kappa shape index (κ3) is 4.44. The molecule has 0 aromatic rings. The minimum absolute atomic E-state index is 0.719. The van der Waals surface area contributed by atoms with Crippen LogP contribution in [0, 0.1) is 0 Å². The fraction of sp³-hybridized carbons (Fsp3) is 0.778. The SMILES string of the molecule is CC/C(C)=C(\OC)O[Si](C)(C)C.